The van der Waals surface area contributed by atoms with E-state index in [4.69, 9.17) is 9.15 Å². The van der Waals surface area contributed by atoms with Crippen LogP contribution in [0.15, 0.2) is 16.5 Å². The van der Waals surface area contributed by atoms with Crippen molar-refractivity contribution in [1.82, 2.24) is 10.2 Å². The Morgan fingerprint density at radius 1 is 1.26 bits per heavy atom. The van der Waals surface area contributed by atoms with Gasteiger partial charge in [-0.05, 0) is 25.0 Å². The minimum absolute atomic E-state index is 0.0227. The predicted octanol–water partition coefficient (Wildman–Crippen LogP) is 1.52. The lowest BCUT2D eigenvalue weighted by Crippen LogP contribution is -2.53. The van der Waals surface area contributed by atoms with Crippen LogP contribution in [0, 0.1) is 12.8 Å². The number of nitrogens with zero attached hydrogens (tertiary/aromatic N) is 1. The Balaban J connectivity index is 1.87. The van der Waals surface area contributed by atoms with Gasteiger partial charge in [-0.15, -0.1) is 0 Å². The number of aryl methyl sites for hydroxylation is 2. The predicted molar refractivity (Wildman–Crippen MR) is 85.9 cm³/mol. The molecule has 1 aromatic rings. The third-order valence-electron chi connectivity index (χ3n) is 3.97. The summed E-state index contributed by atoms with van der Waals surface area (Å²) in [6.45, 7) is 8.05. The van der Waals surface area contributed by atoms with E-state index in [1.165, 1.54) is 0 Å². The van der Waals surface area contributed by atoms with Crippen molar-refractivity contribution < 1.29 is 18.7 Å². The minimum Gasteiger partial charge on any atom is -0.466 e. The van der Waals surface area contributed by atoms with E-state index in [1.807, 2.05) is 32.9 Å². The molecule has 0 bridgehead atoms. The number of hydrogen-bond donors (Lipinski definition) is 1. The van der Waals surface area contributed by atoms with Crippen LogP contribution >= 0.6 is 0 Å². The molecule has 0 radical (unpaired) electrons. The number of carbonyl (C=O) groups is 2. The molecule has 1 aromatic heterocycles. The fraction of sp³-hybridized carbons (Fsp3) is 0.647. The second-order valence-corrected chi connectivity index (χ2v) is 6.24. The van der Waals surface area contributed by atoms with E-state index in [-0.39, 0.29) is 17.7 Å². The topological polar surface area (TPSA) is 71.8 Å². The molecule has 0 aromatic carbocycles. The van der Waals surface area contributed by atoms with Gasteiger partial charge in [0.15, 0.2) is 0 Å². The number of rotatable bonds is 6. The van der Waals surface area contributed by atoms with Gasteiger partial charge in [-0.2, -0.15) is 0 Å². The molecule has 1 unspecified atom stereocenters. The molecule has 0 spiro atoms. The molecular formula is C17H26N2O4. The molecule has 1 atom stereocenters. The SMILES string of the molecule is Cc1ccc(CCC(=O)NC(C(=O)N2CCOCC2)C(C)C)o1. The number of hydrogen-bond acceptors (Lipinski definition) is 4. The Kier molecular flexibility index (Phi) is 6.21. The van der Waals surface area contributed by atoms with Crippen LogP contribution in [0.5, 0.6) is 0 Å². The summed E-state index contributed by atoms with van der Waals surface area (Å²) < 4.78 is 10.7. The first-order chi connectivity index (χ1) is 11.0. The van der Waals surface area contributed by atoms with Crippen LogP contribution in [0.2, 0.25) is 0 Å². The summed E-state index contributed by atoms with van der Waals surface area (Å²) in [6.07, 6.45) is 0.850. The summed E-state index contributed by atoms with van der Waals surface area (Å²) in [6, 6.07) is 3.27. The molecule has 128 valence electrons. The largest absolute Gasteiger partial charge is 0.466 e. The Hall–Kier alpha value is -1.82. The quantitative estimate of drug-likeness (QED) is 0.862. The summed E-state index contributed by atoms with van der Waals surface area (Å²) in [5.41, 5.74) is 0. The van der Waals surface area contributed by atoms with Gasteiger partial charge in [0, 0.05) is 25.9 Å². The fourth-order valence-electron chi connectivity index (χ4n) is 2.60. The van der Waals surface area contributed by atoms with Gasteiger partial charge >= 0.3 is 0 Å². The Morgan fingerprint density at radius 3 is 2.52 bits per heavy atom. The summed E-state index contributed by atoms with van der Waals surface area (Å²) in [5.74, 6) is 1.52. The van der Waals surface area contributed by atoms with Crippen LogP contribution in [-0.4, -0.2) is 49.1 Å². The van der Waals surface area contributed by atoms with E-state index in [0.717, 1.165) is 11.5 Å². The third-order valence-corrected chi connectivity index (χ3v) is 3.97. The van der Waals surface area contributed by atoms with E-state index in [2.05, 4.69) is 5.32 Å². The van der Waals surface area contributed by atoms with E-state index < -0.39 is 6.04 Å². The van der Waals surface area contributed by atoms with Crippen LogP contribution in [-0.2, 0) is 20.7 Å². The summed E-state index contributed by atoms with van der Waals surface area (Å²) in [4.78, 5) is 26.5. The Bertz CT molecular complexity index is 532. The number of ether oxygens (including phenoxy) is 1. The molecule has 0 aliphatic carbocycles. The van der Waals surface area contributed by atoms with Crippen LogP contribution in [0.4, 0.5) is 0 Å². The van der Waals surface area contributed by atoms with Crippen molar-refractivity contribution in [2.45, 2.75) is 39.7 Å². The molecule has 1 N–H and O–H groups in total. The molecule has 0 saturated carbocycles. The molecule has 6 heteroatoms. The molecule has 2 rings (SSSR count). The van der Waals surface area contributed by atoms with Crippen molar-refractivity contribution in [2.75, 3.05) is 26.3 Å². The molecule has 1 aliphatic rings. The summed E-state index contributed by atoms with van der Waals surface area (Å²) >= 11 is 0. The normalized spacial score (nSPS) is 16.4. The van der Waals surface area contributed by atoms with Crippen molar-refractivity contribution in [3.63, 3.8) is 0 Å². The number of nitrogens with one attached hydrogen (secondary N) is 1. The standard InChI is InChI=1S/C17H26N2O4/c1-12(2)16(17(21)19-8-10-22-11-9-19)18-15(20)7-6-14-5-4-13(3)23-14/h4-5,12,16H,6-11H2,1-3H3,(H,18,20). The first-order valence-electron chi connectivity index (χ1n) is 8.18. The van der Waals surface area contributed by atoms with Gasteiger partial charge in [0.05, 0.1) is 13.2 Å². The van der Waals surface area contributed by atoms with Gasteiger partial charge in [-0.3, -0.25) is 9.59 Å². The first-order valence-corrected chi connectivity index (χ1v) is 8.18. The monoisotopic (exact) mass is 322 g/mol. The maximum absolute atomic E-state index is 12.6. The smallest absolute Gasteiger partial charge is 0.245 e. The molecule has 6 nitrogen and oxygen atoms in total. The fourth-order valence-corrected chi connectivity index (χ4v) is 2.60. The Labute approximate surface area is 137 Å². The second kappa shape index (κ2) is 8.15. The van der Waals surface area contributed by atoms with E-state index in [9.17, 15) is 9.59 Å². The van der Waals surface area contributed by atoms with Gasteiger partial charge in [0.25, 0.3) is 0 Å². The van der Waals surface area contributed by atoms with Gasteiger partial charge in [0.1, 0.15) is 17.6 Å². The summed E-state index contributed by atoms with van der Waals surface area (Å²) in [5, 5.41) is 2.88. The molecule has 1 fully saturated rings. The minimum atomic E-state index is -0.487. The maximum atomic E-state index is 12.6. The number of amides is 2. The van der Waals surface area contributed by atoms with Gasteiger partial charge < -0.3 is 19.4 Å². The summed E-state index contributed by atoms with van der Waals surface area (Å²) in [7, 11) is 0. The highest BCUT2D eigenvalue weighted by atomic mass is 16.5. The van der Waals surface area contributed by atoms with Gasteiger partial charge in [0.2, 0.25) is 11.8 Å². The van der Waals surface area contributed by atoms with Crippen molar-refractivity contribution in [3.8, 4) is 0 Å². The van der Waals surface area contributed by atoms with Gasteiger partial charge in [-0.1, -0.05) is 13.8 Å². The van der Waals surface area contributed by atoms with Crippen LogP contribution < -0.4 is 5.32 Å². The van der Waals surface area contributed by atoms with Crippen LogP contribution in [0.3, 0.4) is 0 Å². The first kappa shape index (κ1) is 17.5. The highest BCUT2D eigenvalue weighted by molar-refractivity contribution is 5.88. The lowest BCUT2D eigenvalue weighted by molar-refractivity contribution is -0.141. The molecular weight excluding hydrogens is 296 g/mol. The third kappa shape index (κ3) is 5.10. The van der Waals surface area contributed by atoms with Gasteiger partial charge in [-0.25, -0.2) is 0 Å². The average molecular weight is 322 g/mol. The Morgan fingerprint density at radius 2 is 1.96 bits per heavy atom. The number of furan rings is 1. The second-order valence-electron chi connectivity index (χ2n) is 6.24. The van der Waals surface area contributed by atoms with Crippen molar-refractivity contribution in [3.05, 3.63) is 23.7 Å². The number of morpholine rings is 1. The maximum Gasteiger partial charge on any atom is 0.245 e. The number of carbonyl (C=O) groups excluding carboxylic acids is 2. The highest BCUT2D eigenvalue weighted by Crippen LogP contribution is 2.11. The highest BCUT2D eigenvalue weighted by Gasteiger charge is 2.29. The van der Waals surface area contributed by atoms with E-state index in [1.54, 1.807) is 4.90 Å². The zero-order valence-electron chi connectivity index (χ0n) is 14.1. The molecule has 1 aliphatic heterocycles. The average Bonchev–Trinajstić information content (AvgIpc) is 2.96. The van der Waals surface area contributed by atoms with E-state index in [0.29, 0.717) is 39.1 Å². The molecule has 2 heterocycles. The lowest BCUT2D eigenvalue weighted by Gasteiger charge is -2.32. The zero-order chi connectivity index (χ0) is 16.8. The lowest BCUT2D eigenvalue weighted by atomic mass is 10.0. The molecule has 1 saturated heterocycles. The van der Waals surface area contributed by atoms with Crippen molar-refractivity contribution in [2.24, 2.45) is 5.92 Å². The van der Waals surface area contributed by atoms with Crippen molar-refractivity contribution in [1.29, 1.82) is 0 Å². The van der Waals surface area contributed by atoms with Crippen molar-refractivity contribution >= 4 is 11.8 Å². The van der Waals surface area contributed by atoms with Crippen LogP contribution in [0.1, 0.15) is 31.8 Å². The molecule has 2 amide bonds. The van der Waals surface area contributed by atoms with E-state index >= 15 is 0 Å². The molecule has 23 heavy (non-hydrogen) atoms. The van der Waals surface area contributed by atoms with Crippen LogP contribution in [0.25, 0.3) is 0 Å². The zero-order valence-corrected chi connectivity index (χ0v) is 14.1.